The molecule has 3 N–H and O–H groups in total. The lowest BCUT2D eigenvalue weighted by atomic mass is 9.87. The van der Waals surface area contributed by atoms with E-state index in [1.807, 2.05) is 36.4 Å². The van der Waals surface area contributed by atoms with Crippen LogP contribution in [0.5, 0.6) is 11.5 Å². The van der Waals surface area contributed by atoms with Crippen molar-refractivity contribution in [2.45, 2.75) is 26.2 Å². The molecule has 0 bridgehead atoms. The molecule has 0 amide bonds. The zero-order valence-electron chi connectivity index (χ0n) is 16.4. The molecule has 6 heteroatoms. The Morgan fingerprint density at radius 3 is 2.17 bits per heavy atom. The topological polar surface area (TPSA) is 116 Å². The molecule has 6 nitrogen and oxygen atoms in total. The van der Waals surface area contributed by atoms with E-state index in [1.165, 1.54) is 5.56 Å². The highest BCUT2D eigenvalue weighted by Crippen LogP contribution is 2.37. The van der Waals surface area contributed by atoms with Crippen molar-refractivity contribution in [1.82, 2.24) is 4.98 Å². The number of nitrogens with two attached hydrogens (primary N) is 1. The van der Waals surface area contributed by atoms with Gasteiger partial charge in [-0.25, -0.2) is 0 Å². The van der Waals surface area contributed by atoms with Gasteiger partial charge in [0.15, 0.2) is 0 Å². The van der Waals surface area contributed by atoms with E-state index >= 15 is 0 Å². The van der Waals surface area contributed by atoms with Crippen LogP contribution in [0, 0.1) is 22.7 Å². The number of ether oxygens (including phenoxy) is 1. The van der Waals surface area contributed by atoms with Gasteiger partial charge in [0, 0.05) is 11.1 Å². The molecule has 29 heavy (non-hydrogen) atoms. The quantitative estimate of drug-likeness (QED) is 0.692. The Labute approximate surface area is 168 Å². The van der Waals surface area contributed by atoms with E-state index < -0.39 is 5.56 Å². The lowest BCUT2D eigenvalue weighted by Gasteiger charge is -2.19. The number of aromatic amines is 1. The van der Waals surface area contributed by atoms with Crippen LogP contribution in [0.3, 0.4) is 0 Å². The molecule has 2 aromatic carbocycles. The van der Waals surface area contributed by atoms with E-state index in [2.05, 4.69) is 25.8 Å². The summed E-state index contributed by atoms with van der Waals surface area (Å²) >= 11 is 0. The van der Waals surface area contributed by atoms with E-state index in [-0.39, 0.29) is 27.9 Å². The Bertz CT molecular complexity index is 1200. The average Bonchev–Trinajstić information content (AvgIpc) is 2.68. The van der Waals surface area contributed by atoms with Crippen LogP contribution in [0.25, 0.3) is 11.1 Å². The molecule has 0 spiro atoms. The highest BCUT2D eigenvalue weighted by molar-refractivity contribution is 5.83. The molecular weight excluding hydrogens is 364 g/mol. The van der Waals surface area contributed by atoms with Gasteiger partial charge in [-0.2, -0.15) is 10.5 Å². The summed E-state index contributed by atoms with van der Waals surface area (Å²) in [6.07, 6.45) is 0. The third-order valence-corrected chi connectivity index (χ3v) is 4.57. The molecular formula is C23H20N4O2. The molecule has 0 aliphatic rings. The minimum absolute atomic E-state index is 0.0163. The summed E-state index contributed by atoms with van der Waals surface area (Å²) in [4.78, 5) is 14.6. The van der Waals surface area contributed by atoms with Crippen molar-refractivity contribution in [3.05, 3.63) is 75.6 Å². The third kappa shape index (κ3) is 3.83. The van der Waals surface area contributed by atoms with E-state index in [1.54, 1.807) is 24.3 Å². The van der Waals surface area contributed by atoms with E-state index in [0.29, 0.717) is 17.1 Å². The number of nitrogens with zero attached hydrogens (tertiary/aromatic N) is 2. The van der Waals surface area contributed by atoms with Crippen LogP contribution in [-0.4, -0.2) is 4.98 Å². The van der Waals surface area contributed by atoms with Gasteiger partial charge in [0.05, 0.1) is 0 Å². The SMILES string of the molecule is CC(C)(C)c1ccc(Oc2ccccc2-c2c(C#N)c(N)[nH]c(=O)c2C#N)cc1. The molecule has 0 aliphatic heterocycles. The number of rotatable bonds is 3. The lowest BCUT2D eigenvalue weighted by molar-refractivity contribution is 0.483. The Hall–Kier alpha value is -4.03. The molecule has 0 unspecified atom stereocenters. The van der Waals surface area contributed by atoms with E-state index in [0.717, 1.165) is 0 Å². The van der Waals surface area contributed by atoms with Crippen molar-refractivity contribution in [2.24, 2.45) is 0 Å². The van der Waals surface area contributed by atoms with Gasteiger partial charge in [0.1, 0.15) is 40.6 Å². The summed E-state index contributed by atoms with van der Waals surface area (Å²) in [7, 11) is 0. The van der Waals surface area contributed by atoms with Gasteiger partial charge in [0.25, 0.3) is 5.56 Å². The molecule has 1 aromatic heterocycles. The van der Waals surface area contributed by atoms with Crippen molar-refractivity contribution < 1.29 is 4.74 Å². The molecule has 0 radical (unpaired) electrons. The summed E-state index contributed by atoms with van der Waals surface area (Å²) in [6.45, 7) is 6.38. The summed E-state index contributed by atoms with van der Waals surface area (Å²) in [5.41, 5.74) is 6.81. The molecule has 0 atom stereocenters. The zero-order valence-corrected chi connectivity index (χ0v) is 16.4. The van der Waals surface area contributed by atoms with Gasteiger partial charge in [-0.3, -0.25) is 4.79 Å². The molecule has 0 aliphatic carbocycles. The van der Waals surface area contributed by atoms with Crippen molar-refractivity contribution in [3.8, 4) is 34.8 Å². The van der Waals surface area contributed by atoms with Gasteiger partial charge in [-0.05, 0) is 29.2 Å². The minimum Gasteiger partial charge on any atom is -0.457 e. The number of pyridine rings is 1. The van der Waals surface area contributed by atoms with Crippen molar-refractivity contribution in [1.29, 1.82) is 10.5 Å². The summed E-state index contributed by atoms with van der Waals surface area (Å²) in [5, 5.41) is 19.1. The van der Waals surface area contributed by atoms with Gasteiger partial charge >= 0.3 is 0 Å². The van der Waals surface area contributed by atoms with Crippen LogP contribution in [0.15, 0.2) is 53.3 Å². The maximum atomic E-state index is 12.2. The van der Waals surface area contributed by atoms with Gasteiger partial charge in [0.2, 0.25) is 0 Å². The van der Waals surface area contributed by atoms with E-state index in [4.69, 9.17) is 10.5 Å². The number of nitrogen functional groups attached to an aromatic ring is 1. The Morgan fingerprint density at radius 2 is 1.59 bits per heavy atom. The summed E-state index contributed by atoms with van der Waals surface area (Å²) < 4.78 is 6.04. The van der Waals surface area contributed by atoms with Crippen molar-refractivity contribution in [3.63, 3.8) is 0 Å². The fraction of sp³-hybridized carbons (Fsp3) is 0.174. The first-order valence-corrected chi connectivity index (χ1v) is 9.00. The predicted octanol–water partition coefficient (Wildman–Crippen LogP) is 4.46. The Kier molecular flexibility index (Phi) is 5.12. The summed E-state index contributed by atoms with van der Waals surface area (Å²) in [6, 6.07) is 18.5. The minimum atomic E-state index is -0.650. The maximum absolute atomic E-state index is 12.2. The second-order valence-corrected chi connectivity index (χ2v) is 7.59. The molecule has 3 aromatic rings. The number of nitriles is 2. The molecule has 0 fully saturated rings. The second-order valence-electron chi connectivity index (χ2n) is 7.59. The second kappa shape index (κ2) is 7.53. The first-order chi connectivity index (χ1) is 13.8. The number of anilines is 1. The number of H-pyrrole nitrogens is 1. The predicted molar refractivity (Wildman–Crippen MR) is 112 cm³/mol. The number of para-hydroxylation sites is 1. The standard InChI is InChI=1S/C23H20N4O2/c1-23(2,3)14-8-10-15(11-9-14)29-19-7-5-4-6-16(19)20-17(12-24)21(26)27-22(28)18(20)13-25/h4-11H,1-3H3,(H3,26,27,28). The number of hydrogen-bond acceptors (Lipinski definition) is 5. The monoisotopic (exact) mass is 384 g/mol. The van der Waals surface area contributed by atoms with E-state index in [9.17, 15) is 15.3 Å². The number of hydrogen-bond donors (Lipinski definition) is 2. The molecule has 144 valence electrons. The zero-order chi connectivity index (χ0) is 21.2. The van der Waals surface area contributed by atoms with Crippen molar-refractivity contribution in [2.75, 3.05) is 5.73 Å². The van der Waals surface area contributed by atoms with Crippen LogP contribution in [0.2, 0.25) is 0 Å². The first-order valence-electron chi connectivity index (χ1n) is 9.00. The lowest BCUT2D eigenvalue weighted by Crippen LogP contribution is -2.16. The largest absolute Gasteiger partial charge is 0.457 e. The normalized spacial score (nSPS) is 10.8. The smallest absolute Gasteiger partial charge is 0.268 e. The van der Waals surface area contributed by atoms with Crippen LogP contribution in [-0.2, 0) is 5.41 Å². The molecule has 1 heterocycles. The highest BCUT2D eigenvalue weighted by atomic mass is 16.5. The Balaban J connectivity index is 2.14. The molecule has 0 saturated heterocycles. The third-order valence-electron chi connectivity index (χ3n) is 4.57. The Morgan fingerprint density at radius 1 is 0.966 bits per heavy atom. The van der Waals surface area contributed by atoms with Gasteiger partial charge in [-0.1, -0.05) is 51.1 Å². The number of aromatic nitrogens is 1. The van der Waals surface area contributed by atoms with Crippen LogP contribution in [0.4, 0.5) is 5.82 Å². The van der Waals surface area contributed by atoms with Gasteiger partial charge in [-0.15, -0.1) is 0 Å². The van der Waals surface area contributed by atoms with Crippen LogP contribution >= 0.6 is 0 Å². The first kappa shape index (κ1) is 19.7. The molecule has 3 rings (SSSR count). The van der Waals surface area contributed by atoms with Crippen LogP contribution < -0.4 is 16.0 Å². The van der Waals surface area contributed by atoms with Crippen molar-refractivity contribution >= 4 is 5.82 Å². The molecule has 0 saturated carbocycles. The van der Waals surface area contributed by atoms with Crippen LogP contribution in [0.1, 0.15) is 37.5 Å². The number of benzene rings is 2. The fourth-order valence-corrected chi connectivity index (χ4v) is 3.02. The maximum Gasteiger partial charge on any atom is 0.268 e. The van der Waals surface area contributed by atoms with Gasteiger partial charge < -0.3 is 15.5 Å². The fourth-order valence-electron chi connectivity index (χ4n) is 3.02. The highest BCUT2D eigenvalue weighted by Gasteiger charge is 2.21. The average molecular weight is 384 g/mol. The number of nitrogens with one attached hydrogen (secondary N) is 1. The summed E-state index contributed by atoms with van der Waals surface area (Å²) in [5.74, 6) is 0.921.